The van der Waals surface area contributed by atoms with E-state index in [-0.39, 0.29) is 0 Å². The van der Waals surface area contributed by atoms with Gasteiger partial charge in [0.15, 0.2) is 11.6 Å². The number of hydrogen-bond donors (Lipinski definition) is 0. The number of benzene rings is 16. The molecule has 0 bridgehead atoms. The standard InChI is InChI=1S/2C52H32N4O/c1-3-15-33(16-4-1)34-17-13-18-35(31-34)43-32-48(54-52(53-43)42-25-14-24-40-38-22-9-12-28-47(38)57-51(40)42)56-45-27-11-8-23-41(45)49-46(56)30-29-39-37-21-7-10-26-44(37)55(50(39)49)36-19-5-2-6-20-36;1-3-13-33(14-4-1)34-23-25-35(26-24-34)52-53-43(36-27-28-40-39-18-9-12-22-47(39)57-48(40)31-36)32-49(54-52)56-45-21-11-8-19-42(45)50-46(56)30-29-41-38-17-7-10-20-44(38)55(51(41)50)37-15-5-2-6-16-37/h2*1-32H. The molecular weight excluding hydrogens is 1390 g/mol. The smallest absolute Gasteiger partial charge is 0.165 e. The lowest BCUT2D eigenvalue weighted by molar-refractivity contribution is 0.669. The average Bonchev–Trinajstić information content (AvgIpc) is 1.55. The van der Waals surface area contributed by atoms with Crippen LogP contribution in [0.1, 0.15) is 0 Å². The van der Waals surface area contributed by atoms with Crippen molar-refractivity contribution < 1.29 is 8.83 Å². The molecule has 16 aromatic carbocycles. The quantitative estimate of drug-likeness (QED) is 0.135. The largest absolute Gasteiger partial charge is 0.456 e. The second kappa shape index (κ2) is 26.1. The van der Waals surface area contributed by atoms with Crippen LogP contribution < -0.4 is 0 Å². The zero-order chi connectivity index (χ0) is 74.9. The molecule has 0 aliphatic heterocycles. The van der Waals surface area contributed by atoms with Crippen LogP contribution in [0.2, 0.25) is 0 Å². The highest BCUT2D eigenvalue weighted by Crippen LogP contribution is 2.46. The lowest BCUT2D eigenvalue weighted by atomic mass is 10.0. The number of hydrogen-bond acceptors (Lipinski definition) is 6. The minimum absolute atomic E-state index is 0.600. The molecular formula is C104H64N8O2. The van der Waals surface area contributed by atoms with Crippen LogP contribution in [0.3, 0.4) is 0 Å². The average molecular weight is 1460 g/mol. The summed E-state index contributed by atoms with van der Waals surface area (Å²) in [6.07, 6.45) is 0. The Kier molecular flexibility index (Phi) is 14.8. The van der Waals surface area contributed by atoms with Gasteiger partial charge >= 0.3 is 0 Å². The Hall–Kier alpha value is -15.5. The summed E-state index contributed by atoms with van der Waals surface area (Å²) in [7, 11) is 0. The van der Waals surface area contributed by atoms with Gasteiger partial charge < -0.3 is 18.0 Å². The van der Waals surface area contributed by atoms with Crippen LogP contribution in [0.25, 0.3) is 222 Å². The van der Waals surface area contributed by atoms with Crippen molar-refractivity contribution in [3.05, 3.63) is 388 Å². The summed E-state index contributed by atoms with van der Waals surface area (Å²) in [6, 6.07) is 137. The topological polar surface area (TPSA) is 97.6 Å². The van der Waals surface area contributed by atoms with E-state index in [0.717, 1.165) is 150 Å². The summed E-state index contributed by atoms with van der Waals surface area (Å²) in [5.74, 6) is 2.82. The van der Waals surface area contributed by atoms with Crippen molar-refractivity contribution in [2.24, 2.45) is 0 Å². The van der Waals surface area contributed by atoms with Crippen molar-refractivity contribution in [2.75, 3.05) is 0 Å². The molecule has 0 spiro atoms. The summed E-state index contributed by atoms with van der Waals surface area (Å²) in [6.45, 7) is 0. The molecule has 0 unspecified atom stereocenters. The minimum atomic E-state index is 0.600. The van der Waals surface area contributed by atoms with E-state index in [1.165, 1.54) is 59.9 Å². The molecule has 0 N–H and O–H groups in total. The molecule has 0 fully saturated rings. The Balaban J connectivity index is 0.000000135. The van der Waals surface area contributed by atoms with E-state index in [2.05, 4.69) is 370 Å². The lowest BCUT2D eigenvalue weighted by Crippen LogP contribution is -2.03. The van der Waals surface area contributed by atoms with E-state index in [1.54, 1.807) is 0 Å². The number of rotatable bonds is 10. The summed E-state index contributed by atoms with van der Waals surface area (Å²) in [4.78, 5) is 21.5. The van der Waals surface area contributed by atoms with E-state index in [1.807, 2.05) is 36.4 Å². The molecule has 0 atom stereocenters. The van der Waals surface area contributed by atoms with Crippen molar-refractivity contribution >= 4 is 131 Å². The van der Waals surface area contributed by atoms with Gasteiger partial charge in [-0.15, -0.1) is 0 Å². The van der Waals surface area contributed by atoms with Crippen LogP contribution in [-0.2, 0) is 0 Å². The highest BCUT2D eigenvalue weighted by molar-refractivity contribution is 6.28. The van der Waals surface area contributed by atoms with Crippen LogP contribution in [0.5, 0.6) is 0 Å². The van der Waals surface area contributed by atoms with Gasteiger partial charge in [0.05, 0.1) is 61.1 Å². The van der Waals surface area contributed by atoms with Gasteiger partial charge in [-0.05, 0) is 119 Å². The molecule has 0 aliphatic rings. The first kappa shape index (κ1) is 64.5. The molecule has 114 heavy (non-hydrogen) atoms. The van der Waals surface area contributed by atoms with E-state index in [9.17, 15) is 0 Å². The molecule has 532 valence electrons. The maximum atomic E-state index is 6.57. The third-order valence-electron chi connectivity index (χ3n) is 22.7. The fourth-order valence-electron chi connectivity index (χ4n) is 17.6. The van der Waals surface area contributed by atoms with Gasteiger partial charge in [0, 0.05) is 105 Å². The van der Waals surface area contributed by atoms with Gasteiger partial charge in [0.1, 0.15) is 34.0 Å². The molecule has 0 amide bonds. The maximum absolute atomic E-state index is 6.57. The normalized spacial score (nSPS) is 11.9. The van der Waals surface area contributed by atoms with Crippen LogP contribution in [0.15, 0.2) is 397 Å². The molecule has 0 aliphatic carbocycles. The Morgan fingerprint density at radius 2 is 0.579 bits per heavy atom. The highest BCUT2D eigenvalue weighted by atomic mass is 16.3. The molecule has 8 aromatic heterocycles. The third kappa shape index (κ3) is 10.4. The van der Waals surface area contributed by atoms with E-state index in [4.69, 9.17) is 28.8 Å². The van der Waals surface area contributed by atoms with Gasteiger partial charge in [0.25, 0.3) is 0 Å². The summed E-state index contributed by atoms with van der Waals surface area (Å²) in [5, 5.41) is 13.8. The van der Waals surface area contributed by atoms with E-state index >= 15 is 0 Å². The molecule has 0 radical (unpaired) electrons. The van der Waals surface area contributed by atoms with Crippen molar-refractivity contribution in [2.45, 2.75) is 0 Å². The van der Waals surface area contributed by atoms with Gasteiger partial charge in [-0.3, -0.25) is 9.13 Å². The van der Waals surface area contributed by atoms with Crippen LogP contribution >= 0.6 is 0 Å². The fourth-order valence-corrected chi connectivity index (χ4v) is 17.6. The number of fused-ring (bicyclic) bond motifs is 20. The predicted octanol–water partition coefficient (Wildman–Crippen LogP) is 27.1. The van der Waals surface area contributed by atoms with Crippen molar-refractivity contribution in [3.63, 3.8) is 0 Å². The second-order valence-corrected chi connectivity index (χ2v) is 29.1. The number of nitrogens with zero attached hydrogens (tertiary/aromatic N) is 8. The fraction of sp³-hybridized carbons (Fsp3) is 0. The highest BCUT2D eigenvalue weighted by Gasteiger charge is 2.27. The van der Waals surface area contributed by atoms with E-state index in [0.29, 0.717) is 11.6 Å². The second-order valence-electron chi connectivity index (χ2n) is 29.1. The lowest BCUT2D eigenvalue weighted by Gasteiger charge is -2.13. The molecule has 24 rings (SSSR count). The van der Waals surface area contributed by atoms with Crippen molar-refractivity contribution in [3.8, 4) is 90.6 Å². The summed E-state index contributed by atoms with van der Waals surface area (Å²) < 4.78 is 22.4. The van der Waals surface area contributed by atoms with Gasteiger partial charge in [-0.2, -0.15) is 0 Å². The van der Waals surface area contributed by atoms with Crippen LogP contribution in [0.4, 0.5) is 0 Å². The maximum Gasteiger partial charge on any atom is 0.165 e. The van der Waals surface area contributed by atoms with Gasteiger partial charge in [-0.25, -0.2) is 19.9 Å². The minimum Gasteiger partial charge on any atom is -0.456 e. The molecule has 0 saturated carbocycles. The van der Waals surface area contributed by atoms with Gasteiger partial charge in [-0.1, -0.05) is 279 Å². The molecule has 0 saturated heterocycles. The summed E-state index contributed by atoms with van der Waals surface area (Å²) in [5.41, 5.74) is 24.5. The Morgan fingerprint density at radius 1 is 0.202 bits per heavy atom. The SMILES string of the molecule is c1ccc(-c2ccc(-c3nc(-c4ccc5c(c4)oc4ccccc45)cc(-n4c5ccccc5c5c4ccc4c6ccccc6n(-c6ccccc6)c45)n3)cc2)cc1.c1ccc(-c2cccc(-c3cc(-n4c5ccccc5c5c4ccc4c6ccccc6n(-c6ccccc6)c45)nc(-c4cccc5c4oc4ccccc45)n3)c2)cc1. The van der Waals surface area contributed by atoms with E-state index < -0.39 is 0 Å². The van der Waals surface area contributed by atoms with Crippen LogP contribution in [-0.4, -0.2) is 38.2 Å². The first-order chi connectivity index (χ1) is 56.5. The van der Waals surface area contributed by atoms with Crippen molar-refractivity contribution in [1.29, 1.82) is 0 Å². The van der Waals surface area contributed by atoms with Gasteiger partial charge in [0.2, 0.25) is 0 Å². The molecule has 10 heteroatoms. The molecule has 10 nitrogen and oxygen atoms in total. The van der Waals surface area contributed by atoms with Crippen LogP contribution in [0, 0.1) is 0 Å². The number of para-hydroxylation sites is 9. The third-order valence-corrected chi connectivity index (χ3v) is 22.7. The zero-order valence-corrected chi connectivity index (χ0v) is 61.3. The first-order valence-electron chi connectivity index (χ1n) is 38.5. The Bertz CT molecular complexity index is 7970. The monoisotopic (exact) mass is 1460 g/mol. The molecule has 8 heterocycles. The number of furan rings is 2. The Labute approximate surface area is 652 Å². The Morgan fingerprint density at radius 3 is 1.15 bits per heavy atom. The number of aromatic nitrogens is 8. The summed E-state index contributed by atoms with van der Waals surface area (Å²) >= 11 is 0. The van der Waals surface area contributed by atoms with Crippen molar-refractivity contribution in [1.82, 2.24) is 38.2 Å². The zero-order valence-electron chi connectivity index (χ0n) is 61.3. The first-order valence-corrected chi connectivity index (χ1v) is 38.5. The molecule has 24 aromatic rings. The predicted molar refractivity (Wildman–Crippen MR) is 469 cm³/mol.